The summed E-state index contributed by atoms with van der Waals surface area (Å²) in [6.45, 7) is -0.0984. The first-order valence-corrected chi connectivity index (χ1v) is 8.09. The third-order valence-electron chi connectivity index (χ3n) is 1.60. The maximum atomic E-state index is 11.2. The van der Waals surface area contributed by atoms with Gasteiger partial charge in [-0.2, -0.15) is 0 Å². The van der Waals surface area contributed by atoms with Crippen LogP contribution >= 0.6 is 0 Å². The molecule has 0 radical (unpaired) electrons. The molecule has 0 aromatic heterocycles. The molecule has 7 nitrogen and oxygen atoms in total. The molecule has 0 saturated heterocycles. The molecule has 0 heterocycles. The molecule has 0 amide bonds. The van der Waals surface area contributed by atoms with Gasteiger partial charge in [-0.1, -0.05) is 0 Å². The summed E-state index contributed by atoms with van der Waals surface area (Å²) in [4.78, 5) is 10.7. The molecule has 16 heavy (non-hydrogen) atoms. The van der Waals surface area contributed by atoms with Crippen molar-refractivity contribution >= 4 is 25.8 Å². The first kappa shape index (κ1) is 15.3. The summed E-state index contributed by atoms with van der Waals surface area (Å²) in [6.07, 6.45) is 0.867. The van der Waals surface area contributed by atoms with E-state index in [4.69, 9.17) is 0 Å². The molecule has 0 fully saturated rings. The van der Waals surface area contributed by atoms with E-state index in [1.807, 2.05) is 0 Å². The van der Waals surface area contributed by atoms with Crippen molar-refractivity contribution in [2.24, 2.45) is 0 Å². The lowest BCUT2D eigenvalue weighted by Gasteiger charge is -2.04. The van der Waals surface area contributed by atoms with Crippen LogP contribution in [0, 0.1) is 0 Å². The monoisotopic (exact) mass is 273 g/mol. The molecule has 1 N–H and O–H groups in total. The van der Waals surface area contributed by atoms with Gasteiger partial charge in [0.15, 0.2) is 0 Å². The van der Waals surface area contributed by atoms with E-state index in [0.717, 1.165) is 6.26 Å². The minimum Gasteiger partial charge on any atom is -0.469 e. The van der Waals surface area contributed by atoms with E-state index in [1.165, 1.54) is 7.11 Å². The third-order valence-corrected chi connectivity index (χ3v) is 4.19. The van der Waals surface area contributed by atoms with E-state index in [-0.39, 0.29) is 13.0 Å². The van der Waals surface area contributed by atoms with Crippen LogP contribution in [0.3, 0.4) is 0 Å². The minimum absolute atomic E-state index is 0.0887. The quantitative estimate of drug-likeness (QED) is 0.567. The van der Waals surface area contributed by atoms with Crippen LogP contribution in [-0.4, -0.2) is 54.2 Å². The Morgan fingerprint density at radius 2 is 1.75 bits per heavy atom. The lowest BCUT2D eigenvalue weighted by molar-refractivity contribution is -0.140. The zero-order valence-corrected chi connectivity index (χ0v) is 10.7. The SMILES string of the molecule is COC(=O)CCNS(=O)(=O)CCS(C)(=O)=O. The van der Waals surface area contributed by atoms with Gasteiger partial charge in [-0.15, -0.1) is 0 Å². The topological polar surface area (TPSA) is 107 Å². The van der Waals surface area contributed by atoms with E-state index >= 15 is 0 Å². The number of nitrogens with one attached hydrogen (secondary N) is 1. The average molecular weight is 273 g/mol. The molecule has 0 aromatic rings. The van der Waals surface area contributed by atoms with Crippen LogP contribution in [0.5, 0.6) is 0 Å². The van der Waals surface area contributed by atoms with E-state index in [9.17, 15) is 21.6 Å². The molecule has 0 rings (SSSR count). The Labute approximate surface area is 95.1 Å². The molecule has 0 spiro atoms. The van der Waals surface area contributed by atoms with Crippen molar-refractivity contribution < 1.29 is 26.4 Å². The van der Waals surface area contributed by atoms with Crippen molar-refractivity contribution in [1.29, 1.82) is 0 Å². The second-order valence-electron chi connectivity index (χ2n) is 3.17. The van der Waals surface area contributed by atoms with Crippen LogP contribution in [-0.2, 0) is 29.4 Å². The fourth-order valence-corrected chi connectivity index (χ4v) is 3.39. The smallest absolute Gasteiger partial charge is 0.306 e. The summed E-state index contributed by atoms with van der Waals surface area (Å²) in [5, 5.41) is 0. The third kappa shape index (κ3) is 8.62. The van der Waals surface area contributed by atoms with Gasteiger partial charge in [0.2, 0.25) is 10.0 Å². The number of hydrogen-bond donors (Lipinski definition) is 1. The number of sulfone groups is 1. The fraction of sp³-hybridized carbons (Fsp3) is 0.857. The highest BCUT2D eigenvalue weighted by atomic mass is 32.2. The standard InChI is InChI=1S/C7H15NO6S2/c1-14-7(9)3-4-8-16(12,13)6-5-15(2,10)11/h8H,3-6H2,1-2H3. The first-order valence-electron chi connectivity index (χ1n) is 4.38. The van der Waals surface area contributed by atoms with Crippen molar-refractivity contribution in [3.05, 3.63) is 0 Å². The van der Waals surface area contributed by atoms with Crippen LogP contribution in [0.4, 0.5) is 0 Å². The van der Waals surface area contributed by atoms with Crippen LogP contribution in [0.1, 0.15) is 6.42 Å². The number of rotatable bonds is 7. The summed E-state index contributed by atoms with van der Waals surface area (Å²) in [5.74, 6) is -1.49. The number of methoxy groups -OCH3 is 1. The number of hydrogen-bond acceptors (Lipinski definition) is 6. The second kappa shape index (κ2) is 6.16. The molecular formula is C7H15NO6S2. The Morgan fingerprint density at radius 3 is 2.19 bits per heavy atom. The molecule has 0 saturated carbocycles. The van der Waals surface area contributed by atoms with Crippen LogP contribution in [0.25, 0.3) is 0 Å². The predicted octanol–water partition coefficient (Wildman–Crippen LogP) is -1.49. The Balaban J connectivity index is 4.03. The van der Waals surface area contributed by atoms with Gasteiger partial charge in [0, 0.05) is 12.8 Å². The van der Waals surface area contributed by atoms with Gasteiger partial charge in [0.25, 0.3) is 0 Å². The van der Waals surface area contributed by atoms with Crippen molar-refractivity contribution in [3.63, 3.8) is 0 Å². The van der Waals surface area contributed by atoms with E-state index < -0.39 is 37.3 Å². The number of esters is 1. The minimum atomic E-state index is -3.66. The molecular weight excluding hydrogens is 258 g/mol. The average Bonchev–Trinajstić information content (AvgIpc) is 2.13. The summed E-state index contributed by atoms with van der Waals surface area (Å²) in [5.41, 5.74) is 0. The largest absolute Gasteiger partial charge is 0.469 e. The summed E-state index contributed by atoms with van der Waals surface area (Å²) < 4.78 is 50.3. The lowest BCUT2D eigenvalue weighted by Crippen LogP contribution is -2.31. The van der Waals surface area contributed by atoms with Crippen molar-refractivity contribution in [1.82, 2.24) is 4.72 Å². The molecule has 9 heteroatoms. The molecule has 0 aliphatic heterocycles. The molecule has 96 valence electrons. The number of sulfonamides is 1. The lowest BCUT2D eigenvalue weighted by atomic mass is 10.4. The molecule has 0 bridgehead atoms. The van der Waals surface area contributed by atoms with E-state index in [1.54, 1.807) is 0 Å². The molecule has 0 aliphatic carbocycles. The summed E-state index contributed by atoms with van der Waals surface area (Å²) in [6, 6.07) is 0. The van der Waals surface area contributed by atoms with Crippen LogP contribution < -0.4 is 4.72 Å². The number of carbonyl (C=O) groups is 1. The Bertz CT molecular complexity index is 424. The number of carbonyl (C=O) groups excluding carboxylic acids is 1. The Kier molecular flexibility index (Phi) is 5.90. The van der Waals surface area contributed by atoms with Crippen molar-refractivity contribution in [3.8, 4) is 0 Å². The zero-order valence-electron chi connectivity index (χ0n) is 9.09. The fourth-order valence-electron chi connectivity index (χ4n) is 0.744. The summed E-state index contributed by atoms with van der Waals surface area (Å²) in [7, 11) is -5.77. The van der Waals surface area contributed by atoms with Gasteiger partial charge in [-0.25, -0.2) is 21.6 Å². The normalized spacial score (nSPS) is 12.4. The van der Waals surface area contributed by atoms with Gasteiger partial charge >= 0.3 is 5.97 Å². The van der Waals surface area contributed by atoms with Gasteiger partial charge in [0.05, 0.1) is 25.0 Å². The van der Waals surface area contributed by atoms with Gasteiger partial charge in [0.1, 0.15) is 9.84 Å². The highest BCUT2D eigenvalue weighted by Crippen LogP contribution is 1.91. The highest BCUT2D eigenvalue weighted by molar-refractivity contribution is 7.93. The van der Waals surface area contributed by atoms with Gasteiger partial charge in [-0.05, 0) is 0 Å². The highest BCUT2D eigenvalue weighted by Gasteiger charge is 2.14. The first-order chi connectivity index (χ1) is 7.16. The molecule has 0 aromatic carbocycles. The van der Waals surface area contributed by atoms with Crippen molar-refractivity contribution in [2.45, 2.75) is 6.42 Å². The van der Waals surface area contributed by atoms with Crippen molar-refractivity contribution in [2.75, 3.05) is 31.4 Å². The van der Waals surface area contributed by atoms with Crippen LogP contribution in [0.2, 0.25) is 0 Å². The Hall–Kier alpha value is -0.670. The van der Waals surface area contributed by atoms with Gasteiger partial charge in [-0.3, -0.25) is 4.79 Å². The Morgan fingerprint density at radius 1 is 1.19 bits per heavy atom. The van der Waals surface area contributed by atoms with Gasteiger partial charge < -0.3 is 4.74 Å². The van der Waals surface area contributed by atoms with E-state index in [0.29, 0.717) is 0 Å². The molecule has 0 unspecified atom stereocenters. The van der Waals surface area contributed by atoms with E-state index in [2.05, 4.69) is 9.46 Å². The predicted molar refractivity (Wildman–Crippen MR) is 58.1 cm³/mol. The molecule has 0 atom stereocenters. The maximum absolute atomic E-state index is 11.2. The molecule has 0 aliphatic rings. The zero-order chi connectivity index (χ0) is 12.8. The van der Waals surface area contributed by atoms with Crippen LogP contribution in [0.15, 0.2) is 0 Å². The maximum Gasteiger partial charge on any atom is 0.306 e. The second-order valence-corrected chi connectivity index (χ2v) is 7.36. The number of ether oxygens (including phenoxy) is 1. The summed E-state index contributed by atoms with van der Waals surface area (Å²) >= 11 is 0.